The van der Waals surface area contributed by atoms with Crippen molar-refractivity contribution in [2.75, 3.05) is 6.54 Å². The minimum Gasteiger partial charge on any atom is -0.310 e. The normalized spacial score (nSPS) is 14.3. The second kappa shape index (κ2) is 12.1. The van der Waals surface area contributed by atoms with Crippen molar-refractivity contribution < 1.29 is 21.2 Å². The number of alkyl halides is 1. The monoisotopic (exact) mass is 531 g/mol. The zero-order valence-corrected chi connectivity index (χ0v) is 22.3. The molecule has 2 atom stereocenters. The molecule has 0 aliphatic heterocycles. The lowest BCUT2D eigenvalue weighted by Crippen LogP contribution is -2.49. The van der Waals surface area contributed by atoms with E-state index in [-0.39, 0.29) is 35.2 Å². The summed E-state index contributed by atoms with van der Waals surface area (Å²) in [5, 5.41) is 3.30. The summed E-state index contributed by atoms with van der Waals surface area (Å²) in [7, 11) is -9.84. The van der Waals surface area contributed by atoms with Gasteiger partial charge >= 0.3 is 4.33 Å². The fourth-order valence-corrected chi connectivity index (χ4v) is 9.13. The number of halogens is 1. The Hall–Kier alpha value is -2.55. The van der Waals surface area contributed by atoms with E-state index < -0.39 is 29.9 Å². The average molecular weight is 532 g/mol. The maximum Gasteiger partial charge on any atom is 0.320 e. The predicted molar refractivity (Wildman–Crippen MR) is 142 cm³/mol. The highest BCUT2D eigenvalue weighted by atomic mass is 32.3. The molecule has 0 bridgehead atoms. The molecule has 0 aliphatic carbocycles. The van der Waals surface area contributed by atoms with Crippen molar-refractivity contribution in [3.05, 3.63) is 96.6 Å². The fraction of sp³-hybridized carbons (Fsp3) is 0.357. The summed E-state index contributed by atoms with van der Waals surface area (Å²) < 4.78 is 69.1. The van der Waals surface area contributed by atoms with Gasteiger partial charge in [0.25, 0.3) is 0 Å². The van der Waals surface area contributed by atoms with Crippen molar-refractivity contribution in [2.24, 2.45) is 5.92 Å². The molecule has 0 saturated heterocycles. The second-order valence-electron chi connectivity index (χ2n) is 8.93. The minimum absolute atomic E-state index is 0.0335. The summed E-state index contributed by atoms with van der Waals surface area (Å²) in [6, 6.07) is 23.7. The van der Waals surface area contributed by atoms with Crippen molar-refractivity contribution in [3.8, 4) is 0 Å². The third kappa shape index (κ3) is 5.71. The van der Waals surface area contributed by atoms with Gasteiger partial charge in [-0.3, -0.25) is 0 Å². The van der Waals surface area contributed by atoms with Crippen LogP contribution < -0.4 is 5.32 Å². The van der Waals surface area contributed by atoms with Crippen molar-refractivity contribution in [1.29, 1.82) is 0 Å². The van der Waals surface area contributed by atoms with Crippen molar-refractivity contribution in [3.63, 3.8) is 0 Å². The lowest BCUT2D eigenvalue weighted by molar-refractivity contribution is 0.225. The first-order valence-electron chi connectivity index (χ1n) is 12.2. The Morgan fingerprint density at radius 3 is 1.64 bits per heavy atom. The van der Waals surface area contributed by atoms with Crippen LogP contribution in [0, 0.1) is 5.92 Å². The fourth-order valence-electron chi connectivity index (χ4n) is 4.38. The van der Waals surface area contributed by atoms with Gasteiger partial charge in [-0.25, -0.2) is 21.2 Å². The molecular formula is C28H34FNO4S2. The molecule has 0 amide bonds. The van der Waals surface area contributed by atoms with Crippen molar-refractivity contribution in [2.45, 2.75) is 59.7 Å². The lowest BCUT2D eigenvalue weighted by Gasteiger charge is -2.33. The molecule has 194 valence electrons. The number of unbranched alkanes of at least 4 members (excludes halogenated alkanes) is 1. The van der Waals surface area contributed by atoms with Crippen LogP contribution in [0.15, 0.2) is 101 Å². The molecule has 3 aromatic rings. The summed E-state index contributed by atoms with van der Waals surface area (Å²) in [4.78, 5) is -0.696. The molecule has 0 saturated carbocycles. The molecule has 0 heterocycles. The van der Waals surface area contributed by atoms with Crippen molar-refractivity contribution in [1.82, 2.24) is 5.32 Å². The van der Waals surface area contributed by atoms with Gasteiger partial charge in [0.05, 0.1) is 9.79 Å². The highest BCUT2D eigenvalue weighted by molar-refractivity contribution is 8.10. The SMILES string of the molecule is CCCC[C@H](CCN[C@@H](C)c1ccccc1)C(F)(S(=O)(=O)c1ccccc1)S(=O)(=O)c1ccccc1. The molecule has 5 nitrogen and oxygen atoms in total. The van der Waals surface area contributed by atoms with E-state index in [1.807, 2.05) is 44.2 Å². The summed E-state index contributed by atoms with van der Waals surface area (Å²) in [6.45, 7) is 4.12. The minimum atomic E-state index is -4.92. The predicted octanol–water partition coefficient (Wildman–Crippen LogP) is 6.10. The molecule has 1 N–H and O–H groups in total. The van der Waals surface area contributed by atoms with Gasteiger partial charge in [0.15, 0.2) is 0 Å². The van der Waals surface area contributed by atoms with Crippen LogP contribution in [0.2, 0.25) is 0 Å². The van der Waals surface area contributed by atoms with E-state index in [1.165, 1.54) is 48.5 Å². The van der Waals surface area contributed by atoms with E-state index >= 15 is 4.39 Å². The first-order valence-corrected chi connectivity index (χ1v) is 15.2. The van der Waals surface area contributed by atoms with Gasteiger partial charge in [0, 0.05) is 12.0 Å². The molecule has 0 aliphatic rings. The molecule has 3 aromatic carbocycles. The van der Waals surface area contributed by atoms with Crippen LogP contribution in [-0.4, -0.2) is 27.7 Å². The molecule has 0 radical (unpaired) electrons. The van der Waals surface area contributed by atoms with Gasteiger partial charge in [-0.1, -0.05) is 86.5 Å². The molecule has 36 heavy (non-hydrogen) atoms. The van der Waals surface area contributed by atoms with E-state index in [0.717, 1.165) is 5.56 Å². The van der Waals surface area contributed by atoms with Crippen molar-refractivity contribution >= 4 is 19.7 Å². The van der Waals surface area contributed by atoms with E-state index in [2.05, 4.69) is 5.32 Å². The largest absolute Gasteiger partial charge is 0.320 e. The summed E-state index contributed by atoms with van der Waals surface area (Å²) in [5.41, 5.74) is 1.03. The number of hydrogen-bond acceptors (Lipinski definition) is 5. The Labute approximate surface area is 214 Å². The number of rotatable bonds is 13. The second-order valence-corrected chi connectivity index (χ2v) is 13.3. The zero-order valence-electron chi connectivity index (χ0n) is 20.7. The smallest absolute Gasteiger partial charge is 0.310 e. The van der Waals surface area contributed by atoms with Crippen LogP contribution in [0.4, 0.5) is 4.39 Å². The standard InChI is InChI=1S/C28H34FNO4S2/c1-3-4-16-25(21-22-30-23(2)24-14-8-5-9-15-24)28(29,35(31,32)26-17-10-6-11-18-26)36(33,34)27-19-12-7-13-20-27/h5-15,17-20,23,25,30H,3-4,16,21-22H2,1-2H3/t23-,25+/m0/s1. The lowest BCUT2D eigenvalue weighted by atomic mass is 9.99. The zero-order chi connectivity index (χ0) is 26.2. The molecule has 0 aromatic heterocycles. The van der Waals surface area contributed by atoms with Crippen LogP contribution in [0.1, 0.15) is 51.1 Å². The van der Waals surface area contributed by atoms with Gasteiger partial charge in [0.2, 0.25) is 19.7 Å². The molecule has 0 spiro atoms. The van der Waals surface area contributed by atoms with E-state index in [9.17, 15) is 16.8 Å². The van der Waals surface area contributed by atoms with Gasteiger partial charge in [-0.05, 0) is 56.1 Å². The Kier molecular flexibility index (Phi) is 9.44. The maximum atomic E-state index is 17.4. The number of sulfone groups is 2. The van der Waals surface area contributed by atoms with Crippen LogP contribution in [0.5, 0.6) is 0 Å². The number of benzene rings is 3. The van der Waals surface area contributed by atoms with Crippen LogP contribution >= 0.6 is 0 Å². The van der Waals surface area contributed by atoms with E-state index in [0.29, 0.717) is 12.8 Å². The van der Waals surface area contributed by atoms with E-state index in [1.54, 1.807) is 12.1 Å². The van der Waals surface area contributed by atoms with E-state index in [4.69, 9.17) is 0 Å². The summed E-state index contributed by atoms with van der Waals surface area (Å²) in [5.74, 6) is -1.27. The number of hydrogen-bond donors (Lipinski definition) is 1. The summed E-state index contributed by atoms with van der Waals surface area (Å²) in [6.07, 6.45) is 1.33. The highest BCUT2D eigenvalue weighted by Gasteiger charge is 2.61. The number of nitrogens with one attached hydrogen (secondary N) is 1. The van der Waals surface area contributed by atoms with Gasteiger partial charge < -0.3 is 5.32 Å². The first kappa shape index (κ1) is 28.0. The van der Waals surface area contributed by atoms with Gasteiger partial charge in [0.1, 0.15) is 0 Å². The van der Waals surface area contributed by atoms with Crippen LogP contribution in [0.3, 0.4) is 0 Å². The Morgan fingerprint density at radius 2 is 1.19 bits per heavy atom. The Bertz CT molecular complexity index is 1230. The molecule has 0 unspecified atom stereocenters. The summed E-state index contributed by atoms with van der Waals surface area (Å²) >= 11 is 0. The molecule has 8 heteroatoms. The topological polar surface area (TPSA) is 80.3 Å². The Morgan fingerprint density at radius 1 is 0.750 bits per heavy atom. The molecular weight excluding hydrogens is 497 g/mol. The highest BCUT2D eigenvalue weighted by Crippen LogP contribution is 2.45. The first-order chi connectivity index (χ1) is 17.2. The molecule has 3 rings (SSSR count). The Balaban J connectivity index is 2.05. The van der Waals surface area contributed by atoms with Gasteiger partial charge in [-0.2, -0.15) is 0 Å². The maximum absolute atomic E-state index is 17.4. The van der Waals surface area contributed by atoms with Crippen LogP contribution in [-0.2, 0) is 19.7 Å². The van der Waals surface area contributed by atoms with Gasteiger partial charge in [-0.15, -0.1) is 0 Å². The third-order valence-electron chi connectivity index (χ3n) is 6.48. The van der Waals surface area contributed by atoms with Crippen LogP contribution in [0.25, 0.3) is 0 Å². The third-order valence-corrected chi connectivity index (χ3v) is 11.7. The molecule has 0 fully saturated rings. The average Bonchev–Trinajstić information content (AvgIpc) is 2.91. The quantitative estimate of drug-likeness (QED) is 0.288.